The Hall–Kier alpha value is -1.54. The topological polar surface area (TPSA) is 107 Å². The van der Waals surface area contributed by atoms with Crippen LogP contribution in [0.1, 0.15) is 0 Å². The lowest BCUT2D eigenvalue weighted by Gasteiger charge is -2.32. The normalized spacial score (nSPS) is 24.2. The Kier molecular flexibility index (Phi) is 5.36. The number of nitrogens with zero attached hydrogens (tertiary/aromatic N) is 1. The van der Waals surface area contributed by atoms with Gasteiger partial charge in [-0.15, -0.1) is 11.6 Å². The molecule has 0 saturated carbocycles. The molecule has 1 atom stereocenters. The highest BCUT2D eigenvalue weighted by molar-refractivity contribution is 6.39. The van der Waals surface area contributed by atoms with E-state index in [0.29, 0.717) is 26.3 Å². The number of allylic oxidation sites excluding steroid dienone is 3. The molecule has 0 amide bonds. The Balaban J connectivity index is 2.50. The Morgan fingerprint density at radius 1 is 1.26 bits per heavy atom. The van der Waals surface area contributed by atoms with Crippen molar-refractivity contribution in [2.24, 2.45) is 0 Å². The molecule has 1 aliphatic heterocycles. The molecule has 2 aliphatic rings. The predicted octanol–water partition coefficient (Wildman–Crippen LogP) is 0.773. The number of alkyl halides is 1. The second kappa shape index (κ2) is 6.92. The van der Waals surface area contributed by atoms with E-state index in [1.165, 1.54) is 12.3 Å². The van der Waals surface area contributed by atoms with Crippen molar-refractivity contribution in [3.05, 3.63) is 34.5 Å². The SMILES string of the molecule is O=C(O)C(O)(C(=O)O)C1=CC=C(Cl)C(Cl)C1=CN1CCOCC1. The van der Waals surface area contributed by atoms with Crippen LogP contribution in [0.5, 0.6) is 0 Å². The molecule has 0 bridgehead atoms. The van der Waals surface area contributed by atoms with E-state index in [1.807, 2.05) is 4.90 Å². The third-order valence-corrected chi connectivity index (χ3v) is 4.54. The summed E-state index contributed by atoms with van der Waals surface area (Å²) in [5.41, 5.74) is -3.30. The Bertz CT molecular complexity index is 592. The van der Waals surface area contributed by atoms with Crippen molar-refractivity contribution in [1.29, 1.82) is 0 Å². The summed E-state index contributed by atoms with van der Waals surface area (Å²) in [7, 11) is 0. The lowest BCUT2D eigenvalue weighted by Crippen LogP contribution is -2.50. The van der Waals surface area contributed by atoms with Crippen LogP contribution in [0.25, 0.3) is 0 Å². The van der Waals surface area contributed by atoms with Crippen molar-refractivity contribution < 1.29 is 29.6 Å². The van der Waals surface area contributed by atoms with Crippen LogP contribution in [0.2, 0.25) is 0 Å². The summed E-state index contributed by atoms with van der Waals surface area (Å²) >= 11 is 12.2. The van der Waals surface area contributed by atoms with Crippen LogP contribution in [0.15, 0.2) is 34.5 Å². The molecule has 1 aliphatic carbocycles. The second-order valence-electron chi connectivity index (χ2n) is 5.05. The third kappa shape index (κ3) is 3.37. The van der Waals surface area contributed by atoms with Gasteiger partial charge in [-0.25, -0.2) is 9.59 Å². The van der Waals surface area contributed by atoms with Gasteiger partial charge in [0.2, 0.25) is 0 Å². The first-order valence-corrected chi connectivity index (χ1v) is 7.55. The number of morpholine rings is 1. The van der Waals surface area contributed by atoms with E-state index in [-0.39, 0.29) is 16.2 Å². The fourth-order valence-corrected chi connectivity index (χ4v) is 2.75. The fraction of sp³-hybridized carbons (Fsp3) is 0.429. The van der Waals surface area contributed by atoms with E-state index >= 15 is 0 Å². The molecule has 0 aromatic rings. The van der Waals surface area contributed by atoms with Gasteiger partial charge in [-0.3, -0.25) is 0 Å². The number of aliphatic carboxylic acids is 2. The number of aliphatic hydroxyl groups is 1. The van der Waals surface area contributed by atoms with E-state index in [2.05, 4.69) is 0 Å². The molecule has 0 radical (unpaired) electrons. The zero-order chi connectivity index (χ0) is 17.2. The minimum Gasteiger partial charge on any atom is -0.478 e. The maximum absolute atomic E-state index is 11.4. The van der Waals surface area contributed by atoms with Crippen LogP contribution in [0.3, 0.4) is 0 Å². The first-order chi connectivity index (χ1) is 10.8. The summed E-state index contributed by atoms with van der Waals surface area (Å²) < 4.78 is 5.21. The van der Waals surface area contributed by atoms with Gasteiger partial charge in [0.05, 0.1) is 18.6 Å². The first-order valence-electron chi connectivity index (χ1n) is 6.73. The number of hydrogen-bond acceptors (Lipinski definition) is 5. The molecule has 1 saturated heterocycles. The summed E-state index contributed by atoms with van der Waals surface area (Å²) in [6.07, 6.45) is 3.97. The van der Waals surface area contributed by atoms with Gasteiger partial charge in [-0.2, -0.15) is 0 Å². The van der Waals surface area contributed by atoms with Crippen molar-refractivity contribution in [2.75, 3.05) is 26.3 Å². The standard InChI is InChI=1S/C14H15Cl2NO6/c15-10-2-1-9(14(22,12(18)19)13(20)21)8(11(10)16)7-17-3-5-23-6-4-17/h1-2,7,11,22H,3-6H2,(H,18,19)(H,20,21). The van der Waals surface area contributed by atoms with Gasteiger partial charge in [-0.05, 0) is 11.6 Å². The first kappa shape index (κ1) is 17.8. The lowest BCUT2D eigenvalue weighted by atomic mass is 9.84. The van der Waals surface area contributed by atoms with Crippen LogP contribution in [-0.2, 0) is 14.3 Å². The highest BCUT2D eigenvalue weighted by Gasteiger charge is 2.51. The van der Waals surface area contributed by atoms with Crippen molar-refractivity contribution in [3.8, 4) is 0 Å². The number of carboxylic acid groups (broad SMARTS) is 2. The smallest absolute Gasteiger partial charge is 0.352 e. The quantitative estimate of drug-likeness (QED) is 0.500. The summed E-state index contributed by atoms with van der Waals surface area (Å²) in [6, 6.07) is 0. The highest BCUT2D eigenvalue weighted by Crippen LogP contribution is 2.37. The Labute approximate surface area is 142 Å². The molecule has 2 rings (SSSR count). The molecule has 3 N–H and O–H groups in total. The van der Waals surface area contributed by atoms with Gasteiger partial charge in [0, 0.05) is 29.9 Å². The van der Waals surface area contributed by atoms with Crippen LogP contribution in [0.4, 0.5) is 0 Å². The summed E-state index contributed by atoms with van der Waals surface area (Å²) in [5, 5.41) is 27.9. The Morgan fingerprint density at radius 2 is 1.83 bits per heavy atom. The highest BCUT2D eigenvalue weighted by atomic mass is 35.5. The van der Waals surface area contributed by atoms with E-state index < -0.39 is 22.9 Å². The number of halogens is 2. The number of hydrogen-bond donors (Lipinski definition) is 3. The molecular weight excluding hydrogens is 349 g/mol. The van der Waals surface area contributed by atoms with Crippen molar-refractivity contribution in [3.63, 3.8) is 0 Å². The zero-order valence-electron chi connectivity index (χ0n) is 11.9. The number of ether oxygens (including phenoxy) is 1. The largest absolute Gasteiger partial charge is 0.478 e. The maximum atomic E-state index is 11.4. The molecule has 9 heteroatoms. The van der Waals surface area contributed by atoms with Crippen molar-refractivity contribution in [2.45, 2.75) is 11.0 Å². The van der Waals surface area contributed by atoms with Gasteiger partial charge in [-0.1, -0.05) is 17.7 Å². The summed E-state index contributed by atoms with van der Waals surface area (Å²) in [5.74, 6) is -3.81. The average molecular weight is 364 g/mol. The molecule has 23 heavy (non-hydrogen) atoms. The molecule has 126 valence electrons. The summed E-state index contributed by atoms with van der Waals surface area (Å²) in [6.45, 7) is 2.00. The zero-order valence-corrected chi connectivity index (χ0v) is 13.4. The lowest BCUT2D eigenvalue weighted by molar-refractivity contribution is -0.170. The third-order valence-electron chi connectivity index (χ3n) is 3.61. The number of carbonyl (C=O) groups is 2. The molecule has 0 aromatic heterocycles. The molecule has 1 heterocycles. The van der Waals surface area contributed by atoms with Crippen LogP contribution in [-0.4, -0.2) is 69.4 Å². The van der Waals surface area contributed by atoms with Gasteiger partial charge >= 0.3 is 11.9 Å². The Morgan fingerprint density at radius 3 is 2.35 bits per heavy atom. The predicted molar refractivity (Wildman–Crippen MR) is 82.4 cm³/mol. The van der Waals surface area contributed by atoms with E-state index in [0.717, 1.165) is 6.08 Å². The van der Waals surface area contributed by atoms with Crippen LogP contribution in [0, 0.1) is 0 Å². The molecular formula is C14H15Cl2NO6. The molecule has 0 aromatic carbocycles. The monoisotopic (exact) mass is 363 g/mol. The van der Waals surface area contributed by atoms with E-state index in [4.69, 9.17) is 27.9 Å². The van der Waals surface area contributed by atoms with Crippen molar-refractivity contribution in [1.82, 2.24) is 4.90 Å². The maximum Gasteiger partial charge on any atom is 0.352 e. The molecule has 7 nitrogen and oxygen atoms in total. The van der Waals surface area contributed by atoms with Gasteiger partial charge < -0.3 is 25.0 Å². The van der Waals surface area contributed by atoms with Gasteiger partial charge in [0.25, 0.3) is 5.60 Å². The fourth-order valence-electron chi connectivity index (χ4n) is 2.32. The summed E-state index contributed by atoms with van der Waals surface area (Å²) in [4.78, 5) is 24.5. The minimum atomic E-state index is -3.11. The van der Waals surface area contributed by atoms with Crippen molar-refractivity contribution >= 4 is 35.1 Å². The average Bonchev–Trinajstić information content (AvgIpc) is 2.52. The molecule has 0 spiro atoms. The molecule has 1 unspecified atom stereocenters. The van der Waals surface area contributed by atoms with E-state index in [1.54, 1.807) is 0 Å². The minimum absolute atomic E-state index is 0.133. The second-order valence-corrected chi connectivity index (χ2v) is 5.92. The van der Waals surface area contributed by atoms with Crippen LogP contribution >= 0.6 is 23.2 Å². The molecule has 1 fully saturated rings. The number of rotatable bonds is 4. The van der Waals surface area contributed by atoms with Gasteiger partial charge in [0.15, 0.2) is 0 Å². The van der Waals surface area contributed by atoms with Crippen LogP contribution < -0.4 is 0 Å². The van der Waals surface area contributed by atoms with E-state index in [9.17, 15) is 24.9 Å². The number of carboxylic acids is 2. The van der Waals surface area contributed by atoms with Gasteiger partial charge in [0.1, 0.15) is 0 Å².